The normalized spacial score (nSPS) is 11.9. The Morgan fingerprint density at radius 2 is 2.10 bits per heavy atom. The van der Waals surface area contributed by atoms with Crippen LogP contribution in [0.3, 0.4) is 0 Å². The molecule has 0 unspecified atom stereocenters. The van der Waals surface area contributed by atoms with Gasteiger partial charge in [-0.25, -0.2) is 4.79 Å². The van der Waals surface area contributed by atoms with E-state index in [1.807, 2.05) is 13.8 Å². The number of ether oxygens (including phenoxy) is 1. The van der Waals surface area contributed by atoms with Gasteiger partial charge in [-0.1, -0.05) is 31.5 Å². The van der Waals surface area contributed by atoms with E-state index in [1.54, 1.807) is 6.08 Å². The Labute approximate surface area is 65.8 Å². The maximum Gasteiger partial charge on any atom is 0.349 e. The van der Waals surface area contributed by atoms with Crippen molar-refractivity contribution < 1.29 is 9.53 Å². The van der Waals surface area contributed by atoms with Crippen LogP contribution in [0.4, 0.5) is 0 Å². The van der Waals surface area contributed by atoms with Gasteiger partial charge in [-0.3, -0.25) is 0 Å². The molecule has 0 aliphatic carbocycles. The number of hydrogen-bond donors (Lipinski definition) is 0. The van der Waals surface area contributed by atoms with Gasteiger partial charge in [-0.2, -0.15) is 0 Å². The minimum atomic E-state index is -0.477. The molecule has 0 atom stereocenters. The maximum atomic E-state index is 10.6. The van der Waals surface area contributed by atoms with Gasteiger partial charge in [-0.05, 0) is 5.92 Å². The van der Waals surface area contributed by atoms with Gasteiger partial charge in [-0.15, -0.1) is 0 Å². The summed E-state index contributed by atoms with van der Waals surface area (Å²) >= 11 is 5.51. The van der Waals surface area contributed by atoms with Crippen LogP contribution in [0.2, 0.25) is 0 Å². The van der Waals surface area contributed by atoms with E-state index in [9.17, 15) is 4.79 Å². The van der Waals surface area contributed by atoms with Crippen molar-refractivity contribution in [1.82, 2.24) is 0 Å². The molecule has 0 N–H and O–H groups in total. The van der Waals surface area contributed by atoms with Gasteiger partial charge in [0.1, 0.15) is 5.03 Å². The van der Waals surface area contributed by atoms with Crippen molar-refractivity contribution in [3.8, 4) is 0 Å². The van der Waals surface area contributed by atoms with Crippen LogP contribution in [0.25, 0.3) is 0 Å². The second-order valence-corrected chi connectivity index (χ2v) is 2.66. The Hall–Kier alpha value is -0.500. The molecule has 0 radical (unpaired) electrons. The number of allylic oxidation sites excluding steroid dienone is 1. The highest BCUT2D eigenvalue weighted by molar-refractivity contribution is 6.41. The molecule has 0 amide bonds. The highest BCUT2D eigenvalue weighted by Gasteiger charge is 2.05. The zero-order chi connectivity index (χ0) is 8.15. The van der Waals surface area contributed by atoms with Crippen molar-refractivity contribution in [3.05, 3.63) is 11.1 Å². The molecule has 0 aliphatic heterocycles. The predicted octanol–water partition coefficient (Wildman–Crippen LogP) is 1.94. The first-order chi connectivity index (χ1) is 4.57. The average molecular weight is 163 g/mol. The highest BCUT2D eigenvalue weighted by Crippen LogP contribution is 2.07. The molecule has 10 heavy (non-hydrogen) atoms. The summed E-state index contributed by atoms with van der Waals surface area (Å²) in [6, 6.07) is 0. The van der Waals surface area contributed by atoms with Crippen LogP contribution in [-0.2, 0) is 9.53 Å². The lowest BCUT2D eigenvalue weighted by atomic mass is 10.2. The van der Waals surface area contributed by atoms with E-state index in [1.165, 1.54) is 7.11 Å². The second kappa shape index (κ2) is 4.34. The number of carbonyl (C=O) groups excluding carboxylic acids is 1. The van der Waals surface area contributed by atoms with Crippen molar-refractivity contribution in [2.24, 2.45) is 5.92 Å². The minimum absolute atomic E-state index is 0.150. The van der Waals surface area contributed by atoms with E-state index in [0.29, 0.717) is 0 Å². The zero-order valence-corrected chi connectivity index (χ0v) is 7.11. The largest absolute Gasteiger partial charge is 0.465 e. The number of rotatable bonds is 2. The Bertz CT molecular complexity index is 150. The molecule has 3 heteroatoms. The van der Waals surface area contributed by atoms with Crippen LogP contribution in [-0.4, -0.2) is 13.1 Å². The quantitative estimate of drug-likeness (QED) is 0.458. The van der Waals surface area contributed by atoms with E-state index in [2.05, 4.69) is 4.74 Å². The number of methoxy groups -OCH3 is 1. The van der Waals surface area contributed by atoms with Gasteiger partial charge < -0.3 is 4.74 Å². The minimum Gasteiger partial charge on any atom is -0.465 e. The molecule has 2 nitrogen and oxygen atoms in total. The first kappa shape index (κ1) is 9.50. The topological polar surface area (TPSA) is 26.3 Å². The molecule has 0 aromatic rings. The summed E-state index contributed by atoms with van der Waals surface area (Å²) in [5.41, 5.74) is 0. The third-order valence-corrected chi connectivity index (χ3v) is 1.14. The van der Waals surface area contributed by atoms with E-state index in [-0.39, 0.29) is 11.0 Å². The van der Waals surface area contributed by atoms with E-state index in [4.69, 9.17) is 11.6 Å². The van der Waals surface area contributed by atoms with Gasteiger partial charge in [0.2, 0.25) is 0 Å². The summed E-state index contributed by atoms with van der Waals surface area (Å²) in [5, 5.41) is 0.150. The number of halogens is 1. The Kier molecular flexibility index (Phi) is 4.12. The molecular weight excluding hydrogens is 152 g/mol. The van der Waals surface area contributed by atoms with Crippen LogP contribution >= 0.6 is 11.6 Å². The van der Waals surface area contributed by atoms with Crippen LogP contribution in [0.5, 0.6) is 0 Å². The standard InChI is InChI=1S/C7H11ClO2/c1-5(2)4-6(8)7(9)10-3/h4-5H,1-3H3/b6-4-. The van der Waals surface area contributed by atoms with Crippen molar-refractivity contribution in [2.45, 2.75) is 13.8 Å². The molecule has 0 saturated carbocycles. The first-order valence-corrected chi connectivity index (χ1v) is 3.41. The molecule has 0 spiro atoms. The molecule has 0 bridgehead atoms. The molecule has 0 aromatic heterocycles. The molecule has 0 aliphatic rings. The van der Waals surface area contributed by atoms with Gasteiger partial charge in [0, 0.05) is 0 Å². The summed E-state index contributed by atoms with van der Waals surface area (Å²) < 4.78 is 4.37. The number of hydrogen-bond acceptors (Lipinski definition) is 2. The van der Waals surface area contributed by atoms with Gasteiger partial charge in [0.15, 0.2) is 0 Å². The van der Waals surface area contributed by atoms with E-state index >= 15 is 0 Å². The summed E-state index contributed by atoms with van der Waals surface area (Å²) in [4.78, 5) is 10.6. The lowest BCUT2D eigenvalue weighted by molar-refractivity contribution is -0.135. The third kappa shape index (κ3) is 3.51. The number of carbonyl (C=O) groups is 1. The molecule has 0 heterocycles. The SMILES string of the molecule is COC(=O)/C(Cl)=C/C(C)C. The van der Waals surface area contributed by atoms with Crippen molar-refractivity contribution in [2.75, 3.05) is 7.11 Å². The van der Waals surface area contributed by atoms with Crippen LogP contribution in [0, 0.1) is 5.92 Å². The van der Waals surface area contributed by atoms with Crippen LogP contribution in [0.15, 0.2) is 11.1 Å². The molecule has 0 rings (SSSR count). The smallest absolute Gasteiger partial charge is 0.349 e. The highest BCUT2D eigenvalue weighted by atomic mass is 35.5. The number of esters is 1. The Morgan fingerprint density at radius 3 is 2.40 bits per heavy atom. The zero-order valence-electron chi connectivity index (χ0n) is 6.35. The lowest BCUT2D eigenvalue weighted by Gasteiger charge is -1.97. The maximum absolute atomic E-state index is 10.6. The molecule has 58 valence electrons. The lowest BCUT2D eigenvalue weighted by Crippen LogP contribution is -2.00. The summed E-state index contributed by atoms with van der Waals surface area (Å²) in [6.07, 6.45) is 1.65. The summed E-state index contributed by atoms with van der Waals surface area (Å²) in [5.74, 6) is -0.207. The van der Waals surface area contributed by atoms with Crippen molar-refractivity contribution >= 4 is 17.6 Å². The predicted molar refractivity (Wildman–Crippen MR) is 40.8 cm³/mol. The average Bonchev–Trinajstić information content (AvgIpc) is 1.85. The summed E-state index contributed by atoms with van der Waals surface area (Å²) in [6.45, 7) is 3.87. The third-order valence-electron chi connectivity index (χ3n) is 0.860. The van der Waals surface area contributed by atoms with Crippen molar-refractivity contribution in [3.63, 3.8) is 0 Å². The fourth-order valence-electron chi connectivity index (χ4n) is 0.458. The Balaban J connectivity index is 4.05. The first-order valence-electron chi connectivity index (χ1n) is 3.03. The van der Waals surface area contributed by atoms with Crippen molar-refractivity contribution in [1.29, 1.82) is 0 Å². The van der Waals surface area contributed by atoms with Gasteiger partial charge >= 0.3 is 5.97 Å². The van der Waals surface area contributed by atoms with Gasteiger partial charge in [0.25, 0.3) is 0 Å². The van der Waals surface area contributed by atoms with Crippen LogP contribution < -0.4 is 0 Å². The fourth-order valence-corrected chi connectivity index (χ4v) is 0.787. The molecule has 0 fully saturated rings. The fraction of sp³-hybridized carbons (Fsp3) is 0.571. The van der Waals surface area contributed by atoms with Crippen LogP contribution in [0.1, 0.15) is 13.8 Å². The second-order valence-electron chi connectivity index (χ2n) is 2.25. The van der Waals surface area contributed by atoms with E-state index in [0.717, 1.165) is 0 Å². The molecule has 0 aromatic carbocycles. The molecule has 0 saturated heterocycles. The summed E-state index contributed by atoms with van der Waals surface area (Å²) in [7, 11) is 1.30. The molecular formula is C7H11ClO2. The van der Waals surface area contributed by atoms with Gasteiger partial charge in [0.05, 0.1) is 7.11 Å². The monoisotopic (exact) mass is 162 g/mol. The Morgan fingerprint density at radius 1 is 1.60 bits per heavy atom. The van der Waals surface area contributed by atoms with E-state index < -0.39 is 5.97 Å².